The molecule has 1 aliphatic heterocycles. The van der Waals surface area contributed by atoms with Gasteiger partial charge in [0.25, 0.3) is 0 Å². The number of para-hydroxylation sites is 2. The standard InChI is InChI=1S/C17H15ClFN3O2S/c18-11-7-8-16(12(19)10-11)25(23,24)22-9-3-6-15(22)17-20-13-4-1-2-5-14(13)21-17/h1-2,4-5,7-8,10,15H,3,6,9H2,(H,20,21)/t15-/m1/s1. The fourth-order valence-corrected chi connectivity index (χ4v) is 5.11. The van der Waals surface area contributed by atoms with Crippen molar-refractivity contribution < 1.29 is 12.8 Å². The van der Waals surface area contributed by atoms with Crippen LogP contribution in [0.1, 0.15) is 24.7 Å². The van der Waals surface area contributed by atoms with Gasteiger partial charge >= 0.3 is 0 Å². The van der Waals surface area contributed by atoms with Gasteiger partial charge in [0.05, 0.1) is 17.1 Å². The molecule has 0 aliphatic carbocycles. The van der Waals surface area contributed by atoms with Crippen molar-refractivity contribution >= 4 is 32.7 Å². The van der Waals surface area contributed by atoms with Gasteiger partial charge in [0.2, 0.25) is 10.0 Å². The molecule has 1 atom stereocenters. The summed E-state index contributed by atoms with van der Waals surface area (Å²) in [7, 11) is -3.98. The van der Waals surface area contributed by atoms with Crippen molar-refractivity contribution in [3.63, 3.8) is 0 Å². The number of hydrogen-bond acceptors (Lipinski definition) is 3. The molecule has 0 spiro atoms. The van der Waals surface area contributed by atoms with Crippen molar-refractivity contribution in [2.45, 2.75) is 23.8 Å². The van der Waals surface area contributed by atoms with Crippen molar-refractivity contribution in [3.05, 3.63) is 59.1 Å². The maximum Gasteiger partial charge on any atom is 0.246 e. The van der Waals surface area contributed by atoms with Crippen LogP contribution in [0.25, 0.3) is 11.0 Å². The highest BCUT2D eigenvalue weighted by atomic mass is 35.5. The third-order valence-electron chi connectivity index (χ3n) is 4.41. The van der Waals surface area contributed by atoms with E-state index in [4.69, 9.17) is 11.6 Å². The van der Waals surface area contributed by atoms with Crippen molar-refractivity contribution in [1.29, 1.82) is 0 Å². The fourth-order valence-electron chi connectivity index (χ4n) is 3.24. The van der Waals surface area contributed by atoms with Crippen LogP contribution in [-0.2, 0) is 10.0 Å². The van der Waals surface area contributed by atoms with Crippen molar-refractivity contribution in [1.82, 2.24) is 14.3 Å². The molecular formula is C17H15ClFN3O2S. The number of benzene rings is 2. The highest BCUT2D eigenvalue weighted by Crippen LogP contribution is 2.36. The Balaban J connectivity index is 1.75. The second-order valence-electron chi connectivity index (χ2n) is 5.99. The van der Waals surface area contributed by atoms with Gasteiger partial charge in [0.15, 0.2) is 0 Å². The third-order valence-corrected chi connectivity index (χ3v) is 6.58. The molecule has 0 bridgehead atoms. The quantitative estimate of drug-likeness (QED) is 0.751. The van der Waals surface area contributed by atoms with Gasteiger partial charge < -0.3 is 4.98 Å². The molecule has 0 saturated carbocycles. The Labute approximate surface area is 149 Å². The maximum absolute atomic E-state index is 14.2. The van der Waals surface area contributed by atoms with Gasteiger partial charge in [-0.3, -0.25) is 0 Å². The predicted octanol–water partition coefficient (Wildman–Crippen LogP) is 3.88. The van der Waals surface area contributed by atoms with E-state index in [1.165, 1.54) is 16.4 Å². The van der Waals surface area contributed by atoms with E-state index in [9.17, 15) is 12.8 Å². The van der Waals surface area contributed by atoms with Crippen LogP contribution < -0.4 is 0 Å². The molecule has 1 N–H and O–H groups in total. The Morgan fingerprint density at radius 2 is 2.04 bits per heavy atom. The molecule has 0 amide bonds. The maximum atomic E-state index is 14.2. The largest absolute Gasteiger partial charge is 0.341 e. The average Bonchev–Trinajstić information content (AvgIpc) is 3.21. The van der Waals surface area contributed by atoms with Gasteiger partial charge in [0.1, 0.15) is 16.5 Å². The van der Waals surface area contributed by atoms with Gasteiger partial charge in [-0.15, -0.1) is 0 Å². The van der Waals surface area contributed by atoms with Crippen molar-refractivity contribution in [2.75, 3.05) is 6.54 Å². The Bertz CT molecular complexity index is 1020. The van der Waals surface area contributed by atoms with Gasteiger partial charge in [-0.2, -0.15) is 4.31 Å². The fraction of sp³-hybridized carbons (Fsp3) is 0.235. The third kappa shape index (κ3) is 2.82. The first-order valence-corrected chi connectivity index (χ1v) is 9.70. The second kappa shape index (κ2) is 6.09. The van der Waals surface area contributed by atoms with Crippen LogP contribution in [0.4, 0.5) is 4.39 Å². The zero-order valence-electron chi connectivity index (χ0n) is 13.1. The van der Waals surface area contributed by atoms with Gasteiger partial charge in [-0.25, -0.2) is 17.8 Å². The van der Waals surface area contributed by atoms with Gasteiger partial charge in [0, 0.05) is 11.6 Å². The molecule has 0 unspecified atom stereocenters. The van der Waals surface area contributed by atoms with Crippen LogP contribution >= 0.6 is 11.6 Å². The number of fused-ring (bicyclic) bond motifs is 1. The zero-order chi connectivity index (χ0) is 17.6. The summed E-state index contributed by atoms with van der Waals surface area (Å²) in [6.45, 7) is 0.326. The molecule has 0 radical (unpaired) electrons. The molecule has 3 aromatic rings. The number of rotatable bonds is 3. The van der Waals surface area contributed by atoms with Gasteiger partial charge in [-0.1, -0.05) is 23.7 Å². The summed E-state index contributed by atoms with van der Waals surface area (Å²) in [5.41, 5.74) is 1.62. The van der Waals surface area contributed by atoms with E-state index in [1.54, 1.807) is 0 Å². The smallest absolute Gasteiger partial charge is 0.246 e. The van der Waals surface area contributed by atoms with E-state index in [2.05, 4.69) is 9.97 Å². The summed E-state index contributed by atoms with van der Waals surface area (Å²) >= 11 is 5.73. The topological polar surface area (TPSA) is 66.1 Å². The molecule has 130 valence electrons. The minimum Gasteiger partial charge on any atom is -0.341 e. The number of aromatic nitrogens is 2. The monoisotopic (exact) mass is 379 g/mol. The summed E-state index contributed by atoms with van der Waals surface area (Å²) in [5.74, 6) is -0.264. The number of H-pyrrole nitrogens is 1. The van der Waals surface area contributed by atoms with E-state index in [-0.39, 0.29) is 9.92 Å². The zero-order valence-corrected chi connectivity index (χ0v) is 14.7. The van der Waals surface area contributed by atoms with E-state index < -0.39 is 21.9 Å². The molecule has 5 nitrogen and oxygen atoms in total. The van der Waals surface area contributed by atoms with Crippen LogP contribution in [0.2, 0.25) is 5.02 Å². The minimum absolute atomic E-state index is 0.159. The lowest BCUT2D eigenvalue weighted by atomic mass is 10.2. The summed E-state index contributed by atoms with van der Waals surface area (Å²) in [4.78, 5) is 7.33. The molecule has 8 heteroatoms. The number of nitrogens with one attached hydrogen (secondary N) is 1. The highest BCUT2D eigenvalue weighted by Gasteiger charge is 2.39. The summed E-state index contributed by atoms with van der Waals surface area (Å²) in [6.07, 6.45) is 1.32. The Hall–Kier alpha value is -1.96. The average molecular weight is 380 g/mol. The van der Waals surface area contributed by atoms with Crippen LogP contribution in [-0.4, -0.2) is 29.2 Å². The van der Waals surface area contributed by atoms with E-state index in [0.717, 1.165) is 17.1 Å². The van der Waals surface area contributed by atoms with Crippen molar-refractivity contribution in [2.24, 2.45) is 0 Å². The minimum atomic E-state index is -3.98. The molecule has 25 heavy (non-hydrogen) atoms. The van der Waals surface area contributed by atoms with Gasteiger partial charge in [-0.05, 0) is 43.2 Å². The van der Waals surface area contributed by atoms with Crippen LogP contribution in [0.3, 0.4) is 0 Å². The van der Waals surface area contributed by atoms with E-state index in [1.807, 2.05) is 24.3 Å². The number of sulfonamides is 1. The second-order valence-corrected chi connectivity index (χ2v) is 8.28. The molecule has 1 aliphatic rings. The number of halogens is 2. The molecule has 2 heterocycles. The van der Waals surface area contributed by atoms with E-state index >= 15 is 0 Å². The van der Waals surface area contributed by atoms with Crippen LogP contribution in [0.15, 0.2) is 47.4 Å². The molecule has 1 fully saturated rings. The summed E-state index contributed by atoms with van der Waals surface area (Å²) in [6, 6.07) is 10.7. The summed E-state index contributed by atoms with van der Waals surface area (Å²) < 4.78 is 41.4. The number of nitrogens with zero attached hydrogens (tertiary/aromatic N) is 2. The Morgan fingerprint density at radius 1 is 1.24 bits per heavy atom. The Morgan fingerprint density at radius 3 is 2.80 bits per heavy atom. The first kappa shape index (κ1) is 16.5. The lowest BCUT2D eigenvalue weighted by Gasteiger charge is -2.22. The lowest BCUT2D eigenvalue weighted by molar-refractivity contribution is 0.383. The molecule has 1 aromatic heterocycles. The number of hydrogen-bond donors (Lipinski definition) is 1. The van der Waals surface area contributed by atoms with Crippen LogP contribution in [0.5, 0.6) is 0 Å². The van der Waals surface area contributed by atoms with E-state index in [0.29, 0.717) is 25.2 Å². The molecule has 4 rings (SSSR count). The molecule has 2 aromatic carbocycles. The molecule has 1 saturated heterocycles. The SMILES string of the molecule is O=S(=O)(c1ccc(Cl)cc1F)N1CCC[C@@H]1c1nc2ccccc2[nH]1. The predicted molar refractivity (Wildman–Crippen MR) is 93.4 cm³/mol. The lowest BCUT2D eigenvalue weighted by Crippen LogP contribution is -2.31. The normalized spacial score (nSPS) is 18.9. The summed E-state index contributed by atoms with van der Waals surface area (Å²) in [5, 5.41) is 0.159. The number of aromatic amines is 1. The molecular weight excluding hydrogens is 365 g/mol. The number of imidazole rings is 1. The first-order chi connectivity index (χ1) is 12.0. The van der Waals surface area contributed by atoms with Crippen molar-refractivity contribution in [3.8, 4) is 0 Å². The van der Waals surface area contributed by atoms with Crippen LogP contribution in [0, 0.1) is 5.82 Å². The Kier molecular flexibility index (Phi) is 4.02. The first-order valence-electron chi connectivity index (χ1n) is 7.88. The highest BCUT2D eigenvalue weighted by molar-refractivity contribution is 7.89.